The Bertz CT molecular complexity index is 608. The molecule has 0 aliphatic heterocycles. The lowest BCUT2D eigenvalue weighted by Gasteiger charge is -2.22. The first kappa shape index (κ1) is 16.5. The molecule has 126 valence electrons. The summed E-state index contributed by atoms with van der Waals surface area (Å²) < 4.78 is 38.2. The monoisotopic (exact) mass is 345 g/mol. The lowest BCUT2D eigenvalue weighted by Crippen LogP contribution is -2.39. The smallest absolute Gasteiger partial charge is 0.352 e. The second-order valence-electron chi connectivity index (χ2n) is 6.31. The molecule has 8 heteroatoms. The number of fused-ring (bicyclic) bond motifs is 2. The first-order chi connectivity index (χ1) is 10.8. The van der Waals surface area contributed by atoms with Crippen molar-refractivity contribution < 1.29 is 18.0 Å². The summed E-state index contributed by atoms with van der Waals surface area (Å²) in [6, 6.07) is 1.13. The van der Waals surface area contributed by atoms with Gasteiger partial charge in [0.15, 0.2) is 5.16 Å². The fraction of sp³-hybridized carbons (Fsp3) is 0.667. The number of carbonyl (C=O) groups is 1. The van der Waals surface area contributed by atoms with E-state index in [1.54, 1.807) is 0 Å². The highest BCUT2D eigenvalue weighted by molar-refractivity contribution is 7.99. The number of halogens is 3. The fourth-order valence-electron chi connectivity index (χ4n) is 3.55. The van der Waals surface area contributed by atoms with E-state index in [0.29, 0.717) is 5.92 Å². The Morgan fingerprint density at radius 2 is 2.13 bits per heavy atom. The number of nitrogens with zero attached hydrogens (tertiary/aromatic N) is 2. The Morgan fingerprint density at radius 1 is 1.35 bits per heavy atom. The van der Waals surface area contributed by atoms with Gasteiger partial charge in [-0.3, -0.25) is 4.79 Å². The van der Waals surface area contributed by atoms with Crippen molar-refractivity contribution in [3.05, 3.63) is 17.5 Å². The molecule has 1 heterocycles. The zero-order valence-corrected chi connectivity index (χ0v) is 13.5. The second-order valence-corrected chi connectivity index (χ2v) is 7.25. The highest BCUT2D eigenvalue weighted by Crippen LogP contribution is 2.44. The van der Waals surface area contributed by atoms with E-state index < -0.39 is 11.9 Å². The molecule has 1 aromatic heterocycles. The van der Waals surface area contributed by atoms with E-state index >= 15 is 0 Å². The maximum absolute atomic E-state index is 12.7. The molecular formula is C15H18F3N3OS. The molecule has 1 amide bonds. The largest absolute Gasteiger partial charge is 0.433 e. The first-order valence-corrected chi connectivity index (χ1v) is 8.65. The normalized spacial score (nSPS) is 26.5. The van der Waals surface area contributed by atoms with Crippen molar-refractivity contribution >= 4 is 17.7 Å². The number of hydrogen-bond acceptors (Lipinski definition) is 4. The van der Waals surface area contributed by atoms with Crippen molar-refractivity contribution in [2.45, 2.75) is 50.0 Å². The molecule has 2 saturated carbocycles. The van der Waals surface area contributed by atoms with E-state index in [0.717, 1.165) is 30.2 Å². The third kappa shape index (κ3) is 3.97. The van der Waals surface area contributed by atoms with Crippen LogP contribution in [0.4, 0.5) is 13.2 Å². The molecule has 0 saturated heterocycles. The standard InChI is InChI=1S/C15H18F3N3OS/c1-8-4-12(15(16,17)18)21-14(19-8)23-7-13(22)20-11-6-9-2-3-10(11)5-9/h4,9-11H,2-3,5-7H2,1H3,(H,20,22)/t9-,10+,11+/m1/s1. The number of carbonyl (C=O) groups excluding carboxylic acids is 1. The van der Waals surface area contributed by atoms with Crippen LogP contribution in [-0.4, -0.2) is 27.7 Å². The Hall–Kier alpha value is -1.31. The summed E-state index contributed by atoms with van der Waals surface area (Å²) in [6.45, 7) is 1.48. The minimum atomic E-state index is -4.51. The lowest BCUT2D eigenvalue weighted by molar-refractivity contribution is -0.141. The summed E-state index contributed by atoms with van der Waals surface area (Å²) >= 11 is 0.942. The highest BCUT2D eigenvalue weighted by atomic mass is 32.2. The van der Waals surface area contributed by atoms with Gasteiger partial charge in [0.1, 0.15) is 5.69 Å². The molecule has 4 nitrogen and oxygen atoms in total. The van der Waals surface area contributed by atoms with Crippen molar-refractivity contribution in [3.8, 4) is 0 Å². The van der Waals surface area contributed by atoms with Gasteiger partial charge in [-0.25, -0.2) is 9.97 Å². The van der Waals surface area contributed by atoms with Crippen molar-refractivity contribution in [1.82, 2.24) is 15.3 Å². The summed E-state index contributed by atoms with van der Waals surface area (Å²) in [5.41, 5.74) is -0.732. The number of hydrogen-bond donors (Lipinski definition) is 1. The number of nitrogens with one attached hydrogen (secondary N) is 1. The summed E-state index contributed by atoms with van der Waals surface area (Å²) in [5, 5.41) is 2.99. The number of aromatic nitrogens is 2. The Balaban J connectivity index is 1.55. The molecule has 23 heavy (non-hydrogen) atoms. The first-order valence-electron chi connectivity index (χ1n) is 7.66. The van der Waals surface area contributed by atoms with Crippen LogP contribution in [0, 0.1) is 18.8 Å². The maximum atomic E-state index is 12.7. The van der Waals surface area contributed by atoms with Gasteiger partial charge in [-0.05, 0) is 44.1 Å². The fourth-order valence-corrected chi connectivity index (χ4v) is 4.27. The molecule has 0 unspecified atom stereocenters. The van der Waals surface area contributed by atoms with Crippen LogP contribution in [0.25, 0.3) is 0 Å². The topological polar surface area (TPSA) is 54.9 Å². The average molecular weight is 345 g/mol. The van der Waals surface area contributed by atoms with Gasteiger partial charge in [0.05, 0.1) is 5.75 Å². The molecule has 2 bridgehead atoms. The Kier molecular flexibility index (Phi) is 4.53. The molecule has 3 atom stereocenters. The summed E-state index contributed by atoms with van der Waals surface area (Å²) in [5.74, 6) is 1.17. The molecule has 0 radical (unpaired) electrons. The molecule has 0 aromatic carbocycles. The van der Waals surface area contributed by atoms with E-state index in [1.807, 2.05) is 0 Å². The van der Waals surface area contributed by atoms with Crippen LogP contribution in [0.5, 0.6) is 0 Å². The number of rotatable bonds is 4. The van der Waals surface area contributed by atoms with Gasteiger partial charge in [-0.1, -0.05) is 18.2 Å². The highest BCUT2D eigenvalue weighted by Gasteiger charge is 2.40. The van der Waals surface area contributed by atoms with Gasteiger partial charge in [-0.2, -0.15) is 13.2 Å². The van der Waals surface area contributed by atoms with Crippen molar-refractivity contribution in [1.29, 1.82) is 0 Å². The molecule has 1 N–H and O–H groups in total. The third-order valence-electron chi connectivity index (χ3n) is 4.54. The van der Waals surface area contributed by atoms with Crippen LogP contribution in [-0.2, 0) is 11.0 Å². The summed E-state index contributed by atoms with van der Waals surface area (Å²) in [7, 11) is 0. The van der Waals surface area contributed by atoms with Crippen molar-refractivity contribution in [3.63, 3.8) is 0 Å². The number of alkyl halides is 3. The Labute approximate surface area is 136 Å². The minimum Gasteiger partial charge on any atom is -0.352 e. The molecular weight excluding hydrogens is 327 g/mol. The predicted octanol–water partition coefficient (Wildman–Crippen LogP) is 3.20. The van der Waals surface area contributed by atoms with Crippen LogP contribution < -0.4 is 5.32 Å². The van der Waals surface area contributed by atoms with Crippen LogP contribution in [0.3, 0.4) is 0 Å². The van der Waals surface area contributed by atoms with Crippen LogP contribution in [0.15, 0.2) is 11.2 Å². The average Bonchev–Trinajstić information content (AvgIpc) is 3.06. The van der Waals surface area contributed by atoms with E-state index in [9.17, 15) is 18.0 Å². The van der Waals surface area contributed by atoms with Crippen LogP contribution in [0.1, 0.15) is 37.1 Å². The number of amides is 1. The van der Waals surface area contributed by atoms with Gasteiger partial charge in [0, 0.05) is 11.7 Å². The van der Waals surface area contributed by atoms with Gasteiger partial charge >= 0.3 is 6.18 Å². The second kappa shape index (κ2) is 6.30. The van der Waals surface area contributed by atoms with Gasteiger partial charge in [0.2, 0.25) is 5.91 Å². The SMILES string of the molecule is Cc1cc(C(F)(F)F)nc(SCC(=O)N[C@H]2C[C@@H]3CC[C@H]2C3)n1. The number of thioether (sulfide) groups is 1. The van der Waals surface area contributed by atoms with E-state index in [1.165, 1.54) is 26.2 Å². The summed E-state index contributed by atoms with van der Waals surface area (Å²) in [4.78, 5) is 19.5. The number of aryl methyl sites for hydroxylation is 1. The summed E-state index contributed by atoms with van der Waals surface area (Å²) in [6.07, 6.45) is 0.129. The molecule has 1 aromatic rings. The molecule has 2 aliphatic carbocycles. The minimum absolute atomic E-state index is 0.0135. The Morgan fingerprint density at radius 3 is 2.74 bits per heavy atom. The lowest BCUT2D eigenvalue weighted by atomic mass is 9.95. The van der Waals surface area contributed by atoms with Gasteiger partial charge < -0.3 is 5.32 Å². The molecule has 2 fully saturated rings. The molecule has 0 spiro atoms. The van der Waals surface area contributed by atoms with E-state index in [2.05, 4.69) is 15.3 Å². The van der Waals surface area contributed by atoms with Crippen LogP contribution >= 0.6 is 11.8 Å². The van der Waals surface area contributed by atoms with E-state index in [4.69, 9.17) is 0 Å². The molecule has 2 aliphatic rings. The van der Waals surface area contributed by atoms with Gasteiger partial charge in [0.25, 0.3) is 0 Å². The van der Waals surface area contributed by atoms with Gasteiger partial charge in [-0.15, -0.1) is 0 Å². The van der Waals surface area contributed by atoms with Crippen molar-refractivity contribution in [2.75, 3.05) is 5.75 Å². The zero-order valence-electron chi connectivity index (χ0n) is 12.7. The maximum Gasteiger partial charge on any atom is 0.433 e. The van der Waals surface area contributed by atoms with Crippen LogP contribution in [0.2, 0.25) is 0 Å². The van der Waals surface area contributed by atoms with E-state index in [-0.39, 0.29) is 28.6 Å². The predicted molar refractivity (Wildman–Crippen MR) is 79.9 cm³/mol. The third-order valence-corrected chi connectivity index (χ3v) is 5.39. The zero-order chi connectivity index (χ0) is 16.6. The quantitative estimate of drug-likeness (QED) is 0.673. The molecule has 3 rings (SSSR count). The van der Waals surface area contributed by atoms with Crippen molar-refractivity contribution in [2.24, 2.45) is 11.8 Å².